The van der Waals surface area contributed by atoms with Crippen LogP contribution >= 0.6 is 11.6 Å². The smallest absolute Gasteiger partial charge is 0.222 e. The molecule has 0 saturated carbocycles. The Morgan fingerprint density at radius 3 is 2.65 bits per heavy atom. The van der Waals surface area contributed by atoms with E-state index in [-0.39, 0.29) is 0 Å². The molecule has 2 N–H and O–H groups in total. The fourth-order valence-electron chi connectivity index (χ4n) is 3.07. The number of nitrogens with one attached hydrogen (secondary N) is 2. The molecule has 26 heavy (non-hydrogen) atoms. The molecule has 0 amide bonds. The summed E-state index contributed by atoms with van der Waals surface area (Å²) >= 11 is 5.99. The molecular weight excluding hydrogens is 346 g/mol. The largest absolute Gasteiger partial charge is 0.323 e. The van der Waals surface area contributed by atoms with Crippen molar-refractivity contribution in [1.82, 2.24) is 14.5 Å². The van der Waals surface area contributed by atoms with Crippen molar-refractivity contribution in [3.63, 3.8) is 0 Å². The van der Waals surface area contributed by atoms with Crippen LogP contribution in [0, 0.1) is 13.8 Å². The first-order chi connectivity index (χ1) is 12.6. The average Bonchev–Trinajstić information content (AvgIpc) is 3.17. The van der Waals surface area contributed by atoms with Gasteiger partial charge in [0.1, 0.15) is 0 Å². The van der Waals surface area contributed by atoms with E-state index in [4.69, 9.17) is 11.6 Å². The summed E-state index contributed by atoms with van der Waals surface area (Å²) in [5.41, 5.74) is 9.21. The number of aryl methyl sites for hydroxylation is 1. The van der Waals surface area contributed by atoms with Gasteiger partial charge in [-0.25, -0.2) is 10.4 Å². The zero-order chi connectivity index (χ0) is 18.1. The second kappa shape index (κ2) is 6.69. The second-order valence-electron chi connectivity index (χ2n) is 6.11. The van der Waals surface area contributed by atoms with Gasteiger partial charge in [-0.05, 0) is 56.3 Å². The first-order valence-electron chi connectivity index (χ1n) is 8.30. The topological polar surface area (TPSA) is 58.0 Å². The summed E-state index contributed by atoms with van der Waals surface area (Å²) in [7, 11) is 0. The van der Waals surface area contributed by atoms with Crippen molar-refractivity contribution in [2.45, 2.75) is 13.8 Å². The first-order valence-corrected chi connectivity index (χ1v) is 8.68. The predicted molar refractivity (Wildman–Crippen MR) is 108 cm³/mol. The minimum atomic E-state index is 0.619. The average molecular weight is 364 g/mol. The molecule has 2 heterocycles. The van der Waals surface area contributed by atoms with Crippen LogP contribution in [0.3, 0.4) is 0 Å². The van der Waals surface area contributed by atoms with Gasteiger partial charge in [-0.15, -0.1) is 0 Å². The van der Waals surface area contributed by atoms with Crippen molar-refractivity contribution in [1.29, 1.82) is 0 Å². The molecule has 4 aromatic rings. The Kier molecular flexibility index (Phi) is 4.22. The number of hydrogen-bond donors (Lipinski definition) is 2. The lowest BCUT2D eigenvalue weighted by atomic mass is 10.2. The van der Waals surface area contributed by atoms with Gasteiger partial charge in [0.25, 0.3) is 0 Å². The summed E-state index contributed by atoms with van der Waals surface area (Å²) < 4.78 is 2.18. The number of H-pyrrole nitrogens is 1. The van der Waals surface area contributed by atoms with Crippen molar-refractivity contribution >= 4 is 34.8 Å². The molecule has 6 heteroatoms. The number of hydrazone groups is 1. The summed E-state index contributed by atoms with van der Waals surface area (Å²) in [4.78, 5) is 7.64. The molecule has 4 rings (SSSR count). The van der Waals surface area contributed by atoms with E-state index in [1.807, 2.05) is 54.7 Å². The van der Waals surface area contributed by atoms with E-state index in [1.54, 1.807) is 0 Å². The molecule has 2 aromatic heterocycles. The van der Waals surface area contributed by atoms with E-state index in [1.165, 1.54) is 0 Å². The maximum absolute atomic E-state index is 5.99. The van der Waals surface area contributed by atoms with Crippen molar-refractivity contribution in [3.8, 4) is 5.69 Å². The molecule has 0 radical (unpaired) electrons. The summed E-state index contributed by atoms with van der Waals surface area (Å²) in [6.45, 7) is 4.15. The highest BCUT2D eigenvalue weighted by molar-refractivity contribution is 6.30. The number of fused-ring (bicyclic) bond motifs is 1. The molecule has 0 unspecified atom stereocenters. The third-order valence-corrected chi connectivity index (χ3v) is 4.57. The standard InChI is InChI=1S/C20H18ClN5/c1-13-11-15(14(2)26(13)17-9-7-16(21)8-10-17)12-22-25-20-23-18-5-3-4-6-19(18)24-20/h3-12H,1-2H3,(H2,23,24,25)/b22-12-. The number of benzene rings is 2. The second-order valence-corrected chi connectivity index (χ2v) is 6.55. The highest BCUT2D eigenvalue weighted by Gasteiger charge is 2.09. The van der Waals surface area contributed by atoms with E-state index < -0.39 is 0 Å². The van der Waals surface area contributed by atoms with Crippen LogP contribution in [0.15, 0.2) is 59.7 Å². The summed E-state index contributed by atoms with van der Waals surface area (Å²) in [5, 5.41) is 5.06. The van der Waals surface area contributed by atoms with Gasteiger partial charge in [0.15, 0.2) is 0 Å². The number of para-hydroxylation sites is 2. The third kappa shape index (κ3) is 3.09. The molecule has 5 nitrogen and oxygen atoms in total. The Hall–Kier alpha value is -3.05. The predicted octanol–water partition coefficient (Wildman–Crippen LogP) is 5.07. The van der Waals surface area contributed by atoms with Gasteiger partial charge < -0.3 is 9.55 Å². The number of anilines is 1. The van der Waals surface area contributed by atoms with Crippen molar-refractivity contribution in [2.24, 2.45) is 5.10 Å². The molecule has 0 aliphatic heterocycles. The number of rotatable bonds is 4. The monoisotopic (exact) mass is 363 g/mol. The quantitative estimate of drug-likeness (QED) is 0.393. The Morgan fingerprint density at radius 1 is 1.12 bits per heavy atom. The molecule has 0 saturated heterocycles. The highest BCUT2D eigenvalue weighted by atomic mass is 35.5. The Morgan fingerprint density at radius 2 is 1.88 bits per heavy atom. The van der Waals surface area contributed by atoms with Gasteiger partial charge in [-0.2, -0.15) is 5.10 Å². The van der Waals surface area contributed by atoms with Crippen molar-refractivity contribution in [3.05, 3.63) is 76.6 Å². The summed E-state index contributed by atoms with van der Waals surface area (Å²) in [5.74, 6) is 0.619. The van der Waals surface area contributed by atoms with E-state index in [9.17, 15) is 0 Å². The van der Waals surface area contributed by atoms with E-state index in [2.05, 4.69) is 45.0 Å². The normalized spacial score (nSPS) is 11.5. The van der Waals surface area contributed by atoms with Crippen LogP contribution in [-0.2, 0) is 0 Å². The Labute approximate surface area is 156 Å². The van der Waals surface area contributed by atoms with E-state index in [0.29, 0.717) is 5.95 Å². The molecular formula is C20H18ClN5. The van der Waals surface area contributed by atoms with Crippen molar-refractivity contribution < 1.29 is 0 Å². The van der Waals surface area contributed by atoms with Gasteiger partial charge in [0.05, 0.1) is 17.2 Å². The lowest BCUT2D eigenvalue weighted by Gasteiger charge is -2.09. The first kappa shape index (κ1) is 16.4. The molecule has 0 atom stereocenters. The molecule has 0 bridgehead atoms. The third-order valence-electron chi connectivity index (χ3n) is 4.32. The summed E-state index contributed by atoms with van der Waals surface area (Å²) in [6, 6.07) is 17.8. The van der Waals surface area contributed by atoms with Gasteiger partial charge in [-0.3, -0.25) is 0 Å². The number of halogens is 1. The molecule has 0 spiro atoms. The van der Waals surface area contributed by atoms with Gasteiger partial charge in [-0.1, -0.05) is 23.7 Å². The molecule has 130 valence electrons. The van der Waals surface area contributed by atoms with Gasteiger partial charge in [0.2, 0.25) is 5.95 Å². The lowest BCUT2D eigenvalue weighted by molar-refractivity contribution is 0.965. The van der Waals surface area contributed by atoms with Crippen LogP contribution in [0.1, 0.15) is 17.0 Å². The Balaban J connectivity index is 1.57. The maximum atomic E-state index is 5.99. The number of nitrogens with zero attached hydrogens (tertiary/aromatic N) is 3. The molecule has 0 aliphatic carbocycles. The minimum Gasteiger partial charge on any atom is -0.323 e. The molecule has 2 aromatic carbocycles. The maximum Gasteiger partial charge on any atom is 0.222 e. The number of hydrogen-bond acceptors (Lipinski definition) is 3. The van der Waals surface area contributed by atoms with Crippen LogP contribution in [0.5, 0.6) is 0 Å². The molecule has 0 fully saturated rings. The van der Waals surface area contributed by atoms with Gasteiger partial charge >= 0.3 is 0 Å². The minimum absolute atomic E-state index is 0.619. The zero-order valence-corrected chi connectivity index (χ0v) is 15.2. The summed E-state index contributed by atoms with van der Waals surface area (Å²) in [6.07, 6.45) is 1.81. The van der Waals surface area contributed by atoms with E-state index >= 15 is 0 Å². The van der Waals surface area contributed by atoms with Crippen LogP contribution in [0.25, 0.3) is 16.7 Å². The highest BCUT2D eigenvalue weighted by Crippen LogP contribution is 2.21. The zero-order valence-electron chi connectivity index (χ0n) is 14.5. The van der Waals surface area contributed by atoms with Crippen LogP contribution in [0.4, 0.5) is 5.95 Å². The Bertz CT molecular complexity index is 1060. The van der Waals surface area contributed by atoms with Crippen LogP contribution in [-0.4, -0.2) is 20.7 Å². The number of aromatic nitrogens is 3. The fraction of sp³-hybridized carbons (Fsp3) is 0.100. The van der Waals surface area contributed by atoms with Crippen LogP contribution < -0.4 is 5.43 Å². The van der Waals surface area contributed by atoms with Crippen molar-refractivity contribution in [2.75, 3.05) is 5.43 Å². The van der Waals surface area contributed by atoms with Crippen LogP contribution in [0.2, 0.25) is 5.02 Å². The number of aromatic amines is 1. The fourth-order valence-corrected chi connectivity index (χ4v) is 3.20. The van der Waals surface area contributed by atoms with E-state index in [0.717, 1.165) is 38.7 Å². The van der Waals surface area contributed by atoms with Gasteiger partial charge in [0, 0.05) is 27.7 Å². The SMILES string of the molecule is Cc1cc(/C=N\Nc2nc3ccccc3[nH]2)c(C)n1-c1ccc(Cl)cc1. The number of imidazole rings is 1. The lowest BCUT2D eigenvalue weighted by Crippen LogP contribution is -1.99. The molecule has 0 aliphatic rings.